The van der Waals surface area contributed by atoms with Crippen molar-refractivity contribution in [2.75, 3.05) is 20.7 Å². The molecule has 8 atom stereocenters. The molecule has 0 saturated carbocycles. The molecule has 0 radical (unpaired) electrons. The van der Waals surface area contributed by atoms with Gasteiger partial charge in [-0.05, 0) is 35.8 Å². The maximum Gasteiger partial charge on any atom is 0.252 e. The first-order valence-electron chi connectivity index (χ1n) is 16.0. The molecule has 46 heavy (non-hydrogen) atoms. The van der Waals surface area contributed by atoms with Gasteiger partial charge in [-0.15, -0.1) is 0 Å². The van der Waals surface area contributed by atoms with Crippen LogP contribution in [0.15, 0.2) is 54.1 Å². The van der Waals surface area contributed by atoms with Gasteiger partial charge in [-0.3, -0.25) is 19.2 Å². The zero-order valence-corrected chi connectivity index (χ0v) is 27.8. The second-order valence-electron chi connectivity index (χ2n) is 11.7. The molecular formula is C34H52N4O8. The number of hydrogen-bond donors (Lipinski definition) is 6. The molecule has 6 N–H and O–H groups in total. The van der Waals surface area contributed by atoms with Crippen molar-refractivity contribution < 1.29 is 38.9 Å². The van der Waals surface area contributed by atoms with E-state index in [-0.39, 0.29) is 25.0 Å². The molecule has 256 valence electrons. The van der Waals surface area contributed by atoms with Crippen LogP contribution in [0.4, 0.5) is 0 Å². The topological polar surface area (TPSA) is 175 Å². The number of carbonyl (C=O) groups excluding carboxylic acids is 4. The number of allylic oxidation sites excluding steroid dienone is 3. The summed E-state index contributed by atoms with van der Waals surface area (Å²) in [6.07, 6.45) is 0.997. The lowest BCUT2D eigenvalue weighted by Crippen LogP contribution is -2.60. The largest absolute Gasteiger partial charge is 0.387 e. The van der Waals surface area contributed by atoms with Crippen LogP contribution in [0.25, 0.3) is 0 Å². The average Bonchev–Trinajstić information content (AvgIpc) is 3.08. The molecule has 1 aromatic rings. The summed E-state index contributed by atoms with van der Waals surface area (Å²) in [5.74, 6) is -3.06. The number of likely N-dealkylation sites (N-methyl/N-ethyl adjacent to an activating group) is 2. The maximum atomic E-state index is 13.7. The lowest BCUT2D eigenvalue weighted by Gasteiger charge is -2.33. The van der Waals surface area contributed by atoms with Gasteiger partial charge in [0.05, 0.1) is 13.2 Å². The fourth-order valence-corrected chi connectivity index (χ4v) is 4.93. The van der Waals surface area contributed by atoms with Crippen molar-refractivity contribution in [1.29, 1.82) is 0 Å². The number of benzene rings is 1. The Bertz CT molecular complexity index is 1190. The van der Waals surface area contributed by atoms with Crippen molar-refractivity contribution in [2.45, 2.75) is 96.5 Å². The van der Waals surface area contributed by atoms with Crippen LogP contribution in [0.3, 0.4) is 0 Å². The van der Waals surface area contributed by atoms with E-state index in [1.807, 2.05) is 38.1 Å². The van der Waals surface area contributed by atoms with Crippen LogP contribution in [-0.4, -0.2) is 91.0 Å². The van der Waals surface area contributed by atoms with Gasteiger partial charge in [-0.25, -0.2) is 0 Å². The normalized spacial score (nSPS) is 18.0. The zero-order valence-electron chi connectivity index (χ0n) is 27.8. The van der Waals surface area contributed by atoms with Crippen LogP contribution in [0.1, 0.15) is 58.9 Å². The minimum Gasteiger partial charge on any atom is -0.387 e. The Hall–Kier alpha value is -3.58. The molecule has 12 heteroatoms. The minimum atomic E-state index is -1.97. The summed E-state index contributed by atoms with van der Waals surface area (Å²) < 4.78 is 11.8. The highest BCUT2D eigenvalue weighted by atomic mass is 16.5. The highest BCUT2D eigenvalue weighted by molar-refractivity contribution is 5.91. The van der Waals surface area contributed by atoms with Crippen LogP contribution in [0, 0.1) is 11.8 Å². The number of aliphatic hydroxyl groups is 2. The number of ether oxygens (including phenoxy) is 2. The second kappa shape index (κ2) is 19.8. The van der Waals surface area contributed by atoms with Gasteiger partial charge < -0.3 is 41.0 Å². The Morgan fingerprint density at radius 3 is 1.63 bits per heavy atom. The van der Waals surface area contributed by atoms with Crippen LogP contribution in [0.5, 0.6) is 0 Å². The van der Waals surface area contributed by atoms with E-state index in [2.05, 4.69) is 21.3 Å². The molecule has 0 fully saturated rings. The van der Waals surface area contributed by atoms with E-state index in [0.717, 1.165) is 5.57 Å². The molecule has 2 rings (SSSR count). The quantitative estimate of drug-likeness (QED) is 0.123. The van der Waals surface area contributed by atoms with Crippen molar-refractivity contribution >= 4 is 23.6 Å². The molecule has 0 bridgehead atoms. The molecule has 12 nitrogen and oxygen atoms in total. The highest BCUT2D eigenvalue weighted by Crippen LogP contribution is 2.19. The lowest BCUT2D eigenvalue weighted by atomic mass is 9.95. The zero-order chi connectivity index (χ0) is 34.2. The van der Waals surface area contributed by atoms with E-state index < -0.39 is 60.1 Å². The van der Waals surface area contributed by atoms with Crippen molar-refractivity contribution in [3.8, 4) is 0 Å². The number of hydrogen-bond acceptors (Lipinski definition) is 8. The van der Waals surface area contributed by atoms with E-state index in [1.165, 1.54) is 14.1 Å². The number of aliphatic hydroxyl groups excluding tert-OH is 2. The Morgan fingerprint density at radius 1 is 0.739 bits per heavy atom. The molecule has 1 aromatic carbocycles. The SMILES string of the molecule is CC[C@H](C)[C@H](NC(=O)[C@H](OCC1=CCC=CC1)[C@H](O)[C@@H](O)[C@@H](OCc1ccccc1)C(=O)N[C@H](C(=O)NC)[C@@H](C)CC)C(=O)NC. The molecule has 1 aliphatic carbocycles. The standard InChI is InChI=1S/C34H52N4O8/c1-7-21(3)25(31(41)35-5)37-33(43)29(45-19-23-15-11-9-12-16-23)27(39)28(40)30(46-20-24-17-13-10-14-18-24)34(44)38-26(22(4)8-2)32(42)36-6/h9-13,15-16,18,21-22,25-30,39-40H,7-8,14,17,19-20H2,1-6H3,(H,35,41)(H,36,42)(H,37,43)(H,38,44)/t21-,22-,25-,26-,27+,28+,29+,30+/m0/s1. The van der Waals surface area contributed by atoms with Crippen molar-refractivity contribution in [3.05, 3.63) is 59.7 Å². The van der Waals surface area contributed by atoms with Crippen LogP contribution in [-0.2, 0) is 35.3 Å². The van der Waals surface area contributed by atoms with Crippen molar-refractivity contribution in [3.63, 3.8) is 0 Å². The summed E-state index contributed by atoms with van der Waals surface area (Å²) in [4.78, 5) is 52.7. The van der Waals surface area contributed by atoms with Crippen LogP contribution < -0.4 is 21.3 Å². The molecule has 0 spiro atoms. The third-order valence-electron chi connectivity index (χ3n) is 8.38. The number of nitrogens with one attached hydrogen (secondary N) is 4. The molecule has 0 aliphatic heterocycles. The van der Waals surface area contributed by atoms with Gasteiger partial charge in [0.25, 0.3) is 11.8 Å². The predicted molar refractivity (Wildman–Crippen MR) is 174 cm³/mol. The summed E-state index contributed by atoms with van der Waals surface area (Å²) in [5, 5.41) is 33.5. The number of carbonyl (C=O) groups is 4. The Kier molecular flexibility index (Phi) is 16.6. The Morgan fingerprint density at radius 2 is 1.22 bits per heavy atom. The lowest BCUT2D eigenvalue weighted by molar-refractivity contribution is -0.169. The Labute approximate surface area is 272 Å². The predicted octanol–water partition coefficient (Wildman–Crippen LogP) is 1.51. The summed E-state index contributed by atoms with van der Waals surface area (Å²) in [7, 11) is 2.91. The fourth-order valence-electron chi connectivity index (χ4n) is 4.93. The summed E-state index contributed by atoms with van der Waals surface area (Å²) in [5.41, 5.74) is 1.56. The minimum absolute atomic E-state index is 0.0331. The number of rotatable bonds is 19. The molecule has 0 saturated heterocycles. The third-order valence-corrected chi connectivity index (χ3v) is 8.38. The van der Waals surface area contributed by atoms with Crippen molar-refractivity contribution in [1.82, 2.24) is 21.3 Å². The van der Waals surface area contributed by atoms with E-state index in [9.17, 15) is 29.4 Å². The smallest absolute Gasteiger partial charge is 0.252 e. The average molecular weight is 645 g/mol. The highest BCUT2D eigenvalue weighted by Gasteiger charge is 2.43. The Balaban J connectivity index is 2.43. The van der Waals surface area contributed by atoms with E-state index in [4.69, 9.17) is 9.47 Å². The van der Waals surface area contributed by atoms with Crippen molar-refractivity contribution in [2.24, 2.45) is 11.8 Å². The molecule has 1 aliphatic rings. The second-order valence-corrected chi connectivity index (χ2v) is 11.7. The summed E-state index contributed by atoms with van der Waals surface area (Å²) in [6.45, 7) is 7.21. The fraction of sp³-hybridized carbons (Fsp3) is 0.588. The molecule has 0 unspecified atom stereocenters. The van der Waals surface area contributed by atoms with Gasteiger partial charge in [0, 0.05) is 14.1 Å². The van der Waals surface area contributed by atoms with Crippen LogP contribution >= 0.6 is 0 Å². The molecule has 4 amide bonds. The van der Waals surface area contributed by atoms with Gasteiger partial charge in [-0.2, -0.15) is 0 Å². The molecular weight excluding hydrogens is 592 g/mol. The van der Waals surface area contributed by atoms with Gasteiger partial charge in [0.15, 0.2) is 12.2 Å². The maximum absolute atomic E-state index is 13.7. The van der Waals surface area contributed by atoms with E-state index in [0.29, 0.717) is 31.2 Å². The first-order chi connectivity index (χ1) is 22.0. The van der Waals surface area contributed by atoms with Gasteiger partial charge >= 0.3 is 0 Å². The van der Waals surface area contributed by atoms with E-state index in [1.54, 1.807) is 38.1 Å². The number of amides is 4. The van der Waals surface area contributed by atoms with Gasteiger partial charge in [0.1, 0.15) is 24.3 Å². The van der Waals surface area contributed by atoms with Gasteiger partial charge in [0.2, 0.25) is 11.8 Å². The summed E-state index contributed by atoms with van der Waals surface area (Å²) >= 11 is 0. The third kappa shape index (κ3) is 11.3. The monoisotopic (exact) mass is 644 g/mol. The summed E-state index contributed by atoms with van der Waals surface area (Å²) in [6, 6.07) is 7.04. The molecule has 0 aromatic heterocycles. The first kappa shape index (κ1) is 38.6. The van der Waals surface area contributed by atoms with Gasteiger partial charge in [-0.1, -0.05) is 89.1 Å². The van der Waals surface area contributed by atoms with E-state index >= 15 is 0 Å². The first-order valence-corrected chi connectivity index (χ1v) is 16.0. The van der Waals surface area contributed by atoms with Crippen LogP contribution in [0.2, 0.25) is 0 Å². The molecule has 0 heterocycles.